The summed E-state index contributed by atoms with van der Waals surface area (Å²) in [7, 11) is -3.82. The smallest absolute Gasteiger partial charge is 0.268 e. The molecule has 3 aromatic rings. The van der Waals surface area contributed by atoms with Crippen molar-refractivity contribution in [2.45, 2.75) is 23.8 Å². The average molecular weight is 422 g/mol. The Bertz CT molecular complexity index is 1110. The number of benzene rings is 3. The molecule has 0 radical (unpaired) electrons. The minimum atomic E-state index is -3.82. The van der Waals surface area contributed by atoms with E-state index in [4.69, 9.17) is 4.74 Å². The first-order valence-electron chi connectivity index (χ1n) is 10.1. The van der Waals surface area contributed by atoms with Crippen LogP contribution in [0.1, 0.15) is 12.8 Å². The predicted molar refractivity (Wildman–Crippen MR) is 118 cm³/mol. The van der Waals surface area contributed by atoms with Crippen molar-refractivity contribution in [3.63, 3.8) is 0 Å². The quantitative estimate of drug-likeness (QED) is 0.650. The summed E-state index contributed by atoms with van der Waals surface area (Å²) in [6.45, 7) is 2.00. The van der Waals surface area contributed by atoms with Gasteiger partial charge in [-0.3, -0.25) is 0 Å². The molecule has 0 bridgehead atoms. The summed E-state index contributed by atoms with van der Waals surface area (Å²) in [6, 6.07) is 21.8. The molecule has 0 aliphatic carbocycles. The normalized spacial score (nSPS) is 16.3. The second-order valence-electron chi connectivity index (χ2n) is 7.50. The van der Waals surface area contributed by atoms with Crippen LogP contribution in [-0.2, 0) is 10.0 Å². The van der Waals surface area contributed by atoms with Crippen LogP contribution < -0.4 is 19.7 Å². The van der Waals surface area contributed by atoms with Crippen LogP contribution in [0.5, 0.6) is 11.5 Å². The van der Waals surface area contributed by atoms with Crippen molar-refractivity contribution < 1.29 is 13.2 Å². The van der Waals surface area contributed by atoms with Gasteiger partial charge in [0.15, 0.2) is 11.5 Å². The number of para-hydroxylation sites is 4. The number of hydrogen-bond donors (Lipinski definition) is 2. The van der Waals surface area contributed by atoms with Gasteiger partial charge >= 0.3 is 0 Å². The highest BCUT2D eigenvalue weighted by molar-refractivity contribution is 7.93. The van der Waals surface area contributed by atoms with Gasteiger partial charge in [-0.05, 0) is 74.5 Å². The third-order valence-electron chi connectivity index (χ3n) is 5.49. The van der Waals surface area contributed by atoms with Gasteiger partial charge in [-0.1, -0.05) is 24.3 Å². The number of rotatable bonds is 4. The van der Waals surface area contributed by atoms with Gasteiger partial charge in [0.25, 0.3) is 10.0 Å². The second kappa shape index (κ2) is 7.66. The molecule has 1 saturated heterocycles. The lowest BCUT2D eigenvalue weighted by molar-refractivity contribution is 0.476. The molecule has 2 N–H and O–H groups in total. The maximum Gasteiger partial charge on any atom is 0.268 e. The first-order valence-corrected chi connectivity index (χ1v) is 11.6. The number of nitrogens with one attached hydrogen (secondary N) is 2. The highest BCUT2D eigenvalue weighted by Crippen LogP contribution is 2.48. The summed E-state index contributed by atoms with van der Waals surface area (Å²) < 4.78 is 34.6. The van der Waals surface area contributed by atoms with Crippen LogP contribution in [0.25, 0.3) is 0 Å². The lowest BCUT2D eigenvalue weighted by Gasteiger charge is -2.31. The Kier molecular flexibility index (Phi) is 4.84. The predicted octanol–water partition coefficient (Wildman–Crippen LogP) is 4.48. The SMILES string of the molecule is O=S(=O)(c1ccc(NC2CCNCC2)cc1)N1c2ccccc2Oc2ccccc21. The van der Waals surface area contributed by atoms with Crippen molar-refractivity contribution in [2.75, 3.05) is 22.7 Å². The van der Waals surface area contributed by atoms with Gasteiger partial charge in [-0.25, -0.2) is 12.7 Å². The zero-order chi connectivity index (χ0) is 20.6. The van der Waals surface area contributed by atoms with E-state index in [-0.39, 0.29) is 4.90 Å². The Morgan fingerprint density at radius 1 is 0.833 bits per heavy atom. The summed E-state index contributed by atoms with van der Waals surface area (Å²) in [5, 5.41) is 6.85. The number of fused-ring (bicyclic) bond motifs is 2. The third-order valence-corrected chi connectivity index (χ3v) is 7.23. The summed E-state index contributed by atoms with van der Waals surface area (Å²) in [5.74, 6) is 1.04. The zero-order valence-electron chi connectivity index (χ0n) is 16.4. The topological polar surface area (TPSA) is 70.7 Å². The van der Waals surface area contributed by atoms with E-state index in [1.54, 1.807) is 36.4 Å². The molecule has 0 spiro atoms. The van der Waals surface area contributed by atoms with E-state index in [0.717, 1.165) is 31.6 Å². The molecule has 2 aliphatic rings. The minimum Gasteiger partial charge on any atom is -0.453 e. The van der Waals surface area contributed by atoms with Crippen molar-refractivity contribution in [2.24, 2.45) is 0 Å². The summed E-state index contributed by atoms with van der Waals surface area (Å²) >= 11 is 0. The van der Waals surface area contributed by atoms with Crippen LogP contribution in [0.15, 0.2) is 77.7 Å². The van der Waals surface area contributed by atoms with E-state index >= 15 is 0 Å². The molecule has 2 heterocycles. The van der Waals surface area contributed by atoms with Crippen LogP contribution in [0, 0.1) is 0 Å². The van der Waals surface area contributed by atoms with Crippen LogP contribution in [-0.4, -0.2) is 27.5 Å². The van der Waals surface area contributed by atoms with E-state index < -0.39 is 10.0 Å². The van der Waals surface area contributed by atoms with Crippen molar-refractivity contribution in [1.82, 2.24) is 5.32 Å². The van der Waals surface area contributed by atoms with E-state index in [2.05, 4.69) is 10.6 Å². The highest BCUT2D eigenvalue weighted by atomic mass is 32.2. The molecule has 2 aliphatic heterocycles. The summed E-state index contributed by atoms with van der Waals surface area (Å²) in [6.07, 6.45) is 2.11. The molecule has 0 saturated carbocycles. The molecule has 7 heteroatoms. The van der Waals surface area contributed by atoms with E-state index in [1.165, 1.54) is 4.31 Å². The number of piperidine rings is 1. The number of ether oxygens (including phenoxy) is 1. The Morgan fingerprint density at radius 3 is 2.00 bits per heavy atom. The molecule has 0 amide bonds. The van der Waals surface area contributed by atoms with E-state index in [0.29, 0.717) is 28.9 Å². The summed E-state index contributed by atoms with van der Waals surface area (Å²) in [5.41, 5.74) is 1.95. The fraction of sp³-hybridized carbons (Fsp3) is 0.217. The Labute approximate surface area is 176 Å². The van der Waals surface area contributed by atoms with Gasteiger partial charge in [-0.2, -0.15) is 0 Å². The van der Waals surface area contributed by atoms with Crippen LogP contribution in [0.2, 0.25) is 0 Å². The molecule has 3 aromatic carbocycles. The zero-order valence-corrected chi connectivity index (χ0v) is 17.2. The Hall–Kier alpha value is -3.03. The van der Waals surface area contributed by atoms with Crippen molar-refractivity contribution >= 4 is 27.1 Å². The monoisotopic (exact) mass is 421 g/mol. The summed E-state index contributed by atoms with van der Waals surface area (Å²) in [4.78, 5) is 0.241. The van der Waals surface area contributed by atoms with Crippen LogP contribution in [0.3, 0.4) is 0 Å². The van der Waals surface area contributed by atoms with E-state index in [9.17, 15) is 8.42 Å². The van der Waals surface area contributed by atoms with Crippen molar-refractivity contribution in [3.8, 4) is 11.5 Å². The molecule has 30 heavy (non-hydrogen) atoms. The number of sulfonamides is 1. The van der Waals surface area contributed by atoms with Gasteiger partial charge in [0, 0.05) is 11.7 Å². The molecule has 154 valence electrons. The molecule has 0 aromatic heterocycles. The van der Waals surface area contributed by atoms with Crippen molar-refractivity contribution in [1.29, 1.82) is 0 Å². The van der Waals surface area contributed by atoms with Gasteiger partial charge < -0.3 is 15.4 Å². The fourth-order valence-corrected chi connectivity index (χ4v) is 5.47. The third kappa shape index (κ3) is 3.40. The molecule has 5 rings (SSSR count). The van der Waals surface area contributed by atoms with Crippen LogP contribution in [0.4, 0.5) is 17.1 Å². The standard InChI is InChI=1S/C23H23N3O3S/c27-30(28,19-11-9-17(10-12-19)25-18-13-15-24-16-14-18)26-20-5-1-3-7-22(20)29-23-8-4-2-6-21(23)26/h1-12,18,24-25H,13-16H2. The number of anilines is 3. The highest BCUT2D eigenvalue weighted by Gasteiger charge is 2.34. The molecular weight excluding hydrogens is 398 g/mol. The second-order valence-corrected chi connectivity index (χ2v) is 9.29. The number of nitrogens with zero attached hydrogens (tertiary/aromatic N) is 1. The first kappa shape index (κ1) is 19.0. The van der Waals surface area contributed by atoms with Gasteiger partial charge in [-0.15, -0.1) is 0 Å². The lowest BCUT2D eigenvalue weighted by atomic mass is 10.1. The maximum absolute atomic E-state index is 13.7. The minimum absolute atomic E-state index is 0.241. The fourth-order valence-electron chi connectivity index (χ4n) is 3.96. The van der Waals surface area contributed by atoms with Crippen LogP contribution >= 0.6 is 0 Å². The van der Waals surface area contributed by atoms with Gasteiger partial charge in [0.1, 0.15) is 11.4 Å². The molecule has 0 atom stereocenters. The van der Waals surface area contributed by atoms with Crippen molar-refractivity contribution in [3.05, 3.63) is 72.8 Å². The molecular formula is C23H23N3O3S. The maximum atomic E-state index is 13.7. The van der Waals surface area contributed by atoms with E-state index in [1.807, 2.05) is 36.4 Å². The lowest BCUT2D eigenvalue weighted by Crippen LogP contribution is -2.35. The van der Waals surface area contributed by atoms with Gasteiger partial charge in [0.05, 0.1) is 4.90 Å². The molecule has 1 fully saturated rings. The molecule has 0 unspecified atom stereocenters. The van der Waals surface area contributed by atoms with Gasteiger partial charge in [0.2, 0.25) is 0 Å². The average Bonchev–Trinajstić information content (AvgIpc) is 2.78. The number of hydrogen-bond acceptors (Lipinski definition) is 5. The largest absolute Gasteiger partial charge is 0.453 e. The first-order chi connectivity index (χ1) is 14.6. The Balaban J connectivity index is 1.49. The Morgan fingerprint density at radius 2 is 1.40 bits per heavy atom. The molecule has 6 nitrogen and oxygen atoms in total.